The van der Waals surface area contributed by atoms with Crippen LogP contribution in [0.4, 0.5) is 0 Å². The lowest BCUT2D eigenvalue weighted by Gasteiger charge is -2.21. The van der Waals surface area contributed by atoms with Crippen LogP contribution in [0, 0.1) is 6.92 Å². The third-order valence-electron chi connectivity index (χ3n) is 4.33. The molecule has 6 nitrogen and oxygen atoms in total. The van der Waals surface area contributed by atoms with Gasteiger partial charge in [0.25, 0.3) is 0 Å². The van der Waals surface area contributed by atoms with E-state index in [0.29, 0.717) is 41.6 Å². The minimum atomic E-state index is -0.259. The molecule has 2 aromatic carbocycles. The molecule has 0 saturated carbocycles. The monoisotopic (exact) mass is 374 g/mol. The highest BCUT2D eigenvalue weighted by Crippen LogP contribution is 2.49. The van der Waals surface area contributed by atoms with Gasteiger partial charge in [-0.3, -0.25) is 4.79 Å². The van der Waals surface area contributed by atoms with Crippen molar-refractivity contribution in [3.63, 3.8) is 0 Å². The van der Waals surface area contributed by atoms with Crippen molar-refractivity contribution in [3.05, 3.63) is 41.0 Å². The molecular formula is C21H26O6. The summed E-state index contributed by atoms with van der Waals surface area (Å²) in [7, 11) is 6.32. The average molecular weight is 374 g/mol. The first-order valence-electron chi connectivity index (χ1n) is 8.65. The predicted octanol–water partition coefficient (Wildman–Crippen LogP) is 3.94. The highest BCUT2D eigenvalue weighted by molar-refractivity contribution is 5.72. The van der Waals surface area contributed by atoms with Crippen molar-refractivity contribution in [2.75, 3.05) is 28.4 Å². The second kappa shape index (κ2) is 9.16. The summed E-state index contributed by atoms with van der Waals surface area (Å²) in [4.78, 5) is 11.4. The van der Waals surface area contributed by atoms with Crippen molar-refractivity contribution in [2.45, 2.75) is 26.7 Å². The van der Waals surface area contributed by atoms with Gasteiger partial charge in [-0.25, -0.2) is 0 Å². The maximum atomic E-state index is 11.4. The molecule has 6 heteroatoms. The van der Waals surface area contributed by atoms with E-state index < -0.39 is 0 Å². The van der Waals surface area contributed by atoms with Gasteiger partial charge in [-0.15, -0.1) is 0 Å². The van der Waals surface area contributed by atoms with Gasteiger partial charge in [0, 0.05) is 24.0 Å². The summed E-state index contributed by atoms with van der Waals surface area (Å²) in [6.45, 7) is 3.71. The van der Waals surface area contributed by atoms with Gasteiger partial charge in [-0.1, -0.05) is 19.1 Å². The summed E-state index contributed by atoms with van der Waals surface area (Å²) in [6, 6.07) is 7.39. The molecular weight excluding hydrogens is 348 g/mol. The van der Waals surface area contributed by atoms with E-state index in [-0.39, 0.29) is 5.97 Å². The van der Waals surface area contributed by atoms with Crippen molar-refractivity contribution < 1.29 is 28.5 Å². The fourth-order valence-corrected chi connectivity index (χ4v) is 2.95. The highest BCUT2D eigenvalue weighted by Gasteiger charge is 2.25. The van der Waals surface area contributed by atoms with E-state index in [1.165, 1.54) is 0 Å². The molecule has 0 aliphatic heterocycles. The van der Waals surface area contributed by atoms with Crippen LogP contribution in [0.1, 0.15) is 30.0 Å². The zero-order valence-corrected chi connectivity index (χ0v) is 16.7. The number of benzene rings is 2. The lowest BCUT2D eigenvalue weighted by atomic mass is 9.97. The van der Waals surface area contributed by atoms with Crippen LogP contribution in [0.15, 0.2) is 24.3 Å². The number of esters is 1. The Morgan fingerprint density at radius 1 is 0.815 bits per heavy atom. The molecule has 0 heterocycles. The van der Waals surface area contributed by atoms with E-state index in [1.54, 1.807) is 47.5 Å². The Morgan fingerprint density at radius 3 is 1.81 bits per heavy atom. The van der Waals surface area contributed by atoms with E-state index in [9.17, 15) is 4.79 Å². The van der Waals surface area contributed by atoms with Gasteiger partial charge in [0.1, 0.15) is 5.75 Å². The van der Waals surface area contributed by atoms with Gasteiger partial charge < -0.3 is 23.7 Å². The quantitative estimate of drug-likeness (QED) is 0.515. The molecule has 0 saturated heterocycles. The zero-order valence-electron chi connectivity index (χ0n) is 16.7. The van der Waals surface area contributed by atoms with E-state index >= 15 is 0 Å². The Kier molecular flexibility index (Phi) is 6.93. The highest BCUT2D eigenvalue weighted by atomic mass is 16.5. The number of rotatable bonds is 8. The van der Waals surface area contributed by atoms with Gasteiger partial charge in [-0.05, 0) is 24.6 Å². The molecule has 0 fully saturated rings. The van der Waals surface area contributed by atoms with Crippen LogP contribution in [0.2, 0.25) is 0 Å². The number of hydrogen-bond acceptors (Lipinski definition) is 6. The molecule has 0 radical (unpaired) electrons. The standard InChI is InChI=1S/C21H26O6/c1-7-17(22)27-15-10-8-14(9-11-15)12-16-13(2)18(23-3)20(25-5)21(26-6)19(16)24-4/h8-11H,7,12H2,1-6H3. The Labute approximate surface area is 160 Å². The van der Waals surface area contributed by atoms with Crippen molar-refractivity contribution >= 4 is 5.97 Å². The Morgan fingerprint density at radius 2 is 1.33 bits per heavy atom. The molecule has 0 atom stereocenters. The Balaban J connectivity index is 2.44. The van der Waals surface area contributed by atoms with Crippen LogP contribution < -0.4 is 23.7 Å². The largest absolute Gasteiger partial charge is 0.492 e. The van der Waals surface area contributed by atoms with Gasteiger partial charge in [0.2, 0.25) is 11.5 Å². The predicted molar refractivity (Wildman–Crippen MR) is 103 cm³/mol. The second-order valence-corrected chi connectivity index (χ2v) is 5.88. The molecule has 0 aromatic heterocycles. The van der Waals surface area contributed by atoms with E-state index in [4.69, 9.17) is 23.7 Å². The first-order chi connectivity index (χ1) is 13.0. The smallest absolute Gasteiger partial charge is 0.310 e. The molecule has 0 aliphatic rings. The lowest BCUT2D eigenvalue weighted by Crippen LogP contribution is -2.06. The molecule has 0 bridgehead atoms. The summed E-state index contributed by atoms with van der Waals surface area (Å²) in [5, 5.41) is 0. The van der Waals surface area contributed by atoms with Gasteiger partial charge >= 0.3 is 5.97 Å². The van der Waals surface area contributed by atoms with E-state index in [0.717, 1.165) is 16.7 Å². The van der Waals surface area contributed by atoms with Crippen molar-refractivity contribution in [2.24, 2.45) is 0 Å². The maximum absolute atomic E-state index is 11.4. The number of carbonyl (C=O) groups is 1. The van der Waals surface area contributed by atoms with Crippen LogP contribution in [0.5, 0.6) is 28.7 Å². The molecule has 2 aromatic rings. The number of hydrogen-bond donors (Lipinski definition) is 0. The molecule has 146 valence electrons. The maximum Gasteiger partial charge on any atom is 0.310 e. The van der Waals surface area contributed by atoms with Crippen LogP contribution in [0.3, 0.4) is 0 Å². The summed E-state index contributed by atoms with van der Waals surface area (Å²) in [5.74, 6) is 2.47. The summed E-state index contributed by atoms with van der Waals surface area (Å²) in [5.41, 5.74) is 2.88. The Hall–Kier alpha value is -2.89. The Bertz CT molecular complexity index is 796. The SMILES string of the molecule is CCC(=O)Oc1ccc(Cc2c(C)c(OC)c(OC)c(OC)c2OC)cc1. The van der Waals surface area contributed by atoms with Crippen molar-refractivity contribution in [1.82, 2.24) is 0 Å². The lowest BCUT2D eigenvalue weighted by molar-refractivity contribution is -0.134. The second-order valence-electron chi connectivity index (χ2n) is 5.88. The van der Waals surface area contributed by atoms with Gasteiger partial charge in [0.15, 0.2) is 11.5 Å². The molecule has 0 unspecified atom stereocenters. The first-order valence-corrected chi connectivity index (χ1v) is 8.65. The summed E-state index contributed by atoms with van der Waals surface area (Å²) < 4.78 is 27.4. The average Bonchev–Trinajstić information content (AvgIpc) is 2.69. The van der Waals surface area contributed by atoms with E-state index in [1.807, 2.05) is 19.1 Å². The molecule has 27 heavy (non-hydrogen) atoms. The van der Waals surface area contributed by atoms with Gasteiger partial charge in [-0.2, -0.15) is 0 Å². The van der Waals surface area contributed by atoms with Crippen molar-refractivity contribution in [3.8, 4) is 28.7 Å². The van der Waals surface area contributed by atoms with Crippen LogP contribution in [0.25, 0.3) is 0 Å². The van der Waals surface area contributed by atoms with Crippen LogP contribution in [-0.4, -0.2) is 34.4 Å². The van der Waals surface area contributed by atoms with Crippen LogP contribution in [-0.2, 0) is 11.2 Å². The van der Waals surface area contributed by atoms with Crippen LogP contribution >= 0.6 is 0 Å². The topological polar surface area (TPSA) is 63.2 Å². The third kappa shape index (κ3) is 4.27. The van der Waals surface area contributed by atoms with Crippen molar-refractivity contribution in [1.29, 1.82) is 0 Å². The molecule has 0 aliphatic carbocycles. The molecule has 0 spiro atoms. The normalized spacial score (nSPS) is 10.3. The molecule has 0 amide bonds. The summed E-state index contributed by atoms with van der Waals surface area (Å²) >= 11 is 0. The number of carbonyl (C=O) groups excluding carboxylic acids is 1. The zero-order chi connectivity index (χ0) is 20.0. The fourth-order valence-electron chi connectivity index (χ4n) is 2.95. The molecule has 2 rings (SSSR count). The summed E-state index contributed by atoms with van der Waals surface area (Å²) in [6.07, 6.45) is 0.928. The first kappa shape index (κ1) is 20.4. The van der Waals surface area contributed by atoms with Gasteiger partial charge in [0.05, 0.1) is 28.4 Å². The minimum absolute atomic E-state index is 0.259. The fraction of sp³-hybridized carbons (Fsp3) is 0.381. The van der Waals surface area contributed by atoms with E-state index in [2.05, 4.69) is 0 Å². The molecule has 0 N–H and O–H groups in total. The third-order valence-corrected chi connectivity index (χ3v) is 4.33. The minimum Gasteiger partial charge on any atom is -0.492 e. The number of ether oxygens (including phenoxy) is 5. The number of methoxy groups -OCH3 is 4.